The van der Waals surface area contributed by atoms with Gasteiger partial charge in [0.1, 0.15) is 0 Å². The largest absolute Gasteiger partial charge is 0.273 e. The molecule has 0 aliphatic heterocycles. The molecular weight excluding hydrogens is 390 g/mol. The lowest BCUT2D eigenvalue weighted by molar-refractivity contribution is -0.384. The van der Waals surface area contributed by atoms with Crippen molar-refractivity contribution in [2.24, 2.45) is 11.0 Å². The third-order valence-electron chi connectivity index (χ3n) is 5.84. The molecule has 1 aliphatic rings. The van der Waals surface area contributed by atoms with Gasteiger partial charge in [-0.2, -0.15) is 5.10 Å². The van der Waals surface area contributed by atoms with E-state index in [1.807, 2.05) is 12.1 Å². The summed E-state index contributed by atoms with van der Waals surface area (Å²) < 4.78 is 0. The Morgan fingerprint density at radius 2 is 1.61 bits per heavy atom. The van der Waals surface area contributed by atoms with Gasteiger partial charge in [-0.1, -0.05) is 59.7 Å². The monoisotopic (exact) mass is 413 g/mol. The number of non-ortho nitro benzene ring substituents is 1. The van der Waals surface area contributed by atoms with Crippen LogP contribution in [0.4, 0.5) is 5.69 Å². The first-order valence-electron chi connectivity index (χ1n) is 10.1. The highest BCUT2D eigenvalue weighted by molar-refractivity contribution is 5.87. The van der Waals surface area contributed by atoms with Crippen molar-refractivity contribution >= 4 is 17.8 Å². The fraction of sp³-hybridized carbons (Fsp3) is 0.200. The van der Waals surface area contributed by atoms with Gasteiger partial charge in [-0.05, 0) is 49.1 Å². The smallest absolute Gasteiger partial charge is 0.269 e. The highest BCUT2D eigenvalue weighted by atomic mass is 16.6. The maximum atomic E-state index is 13.0. The van der Waals surface area contributed by atoms with Gasteiger partial charge >= 0.3 is 0 Å². The number of nitro benzene ring substituents is 1. The van der Waals surface area contributed by atoms with E-state index in [0.29, 0.717) is 5.56 Å². The Morgan fingerprint density at radius 1 is 1.03 bits per heavy atom. The summed E-state index contributed by atoms with van der Waals surface area (Å²) in [4.78, 5) is 23.3. The number of rotatable bonds is 6. The lowest BCUT2D eigenvalue weighted by Gasteiger charge is -2.19. The van der Waals surface area contributed by atoms with E-state index in [1.54, 1.807) is 12.1 Å². The molecule has 0 unspecified atom stereocenters. The summed E-state index contributed by atoms with van der Waals surface area (Å²) in [6, 6.07) is 22.6. The minimum atomic E-state index is -0.452. The van der Waals surface area contributed by atoms with E-state index >= 15 is 0 Å². The van der Waals surface area contributed by atoms with Gasteiger partial charge in [0.15, 0.2) is 0 Å². The SMILES string of the molecule is Cc1cccc(C2(c3cccc(C)c3)C[C@@H]2C(=O)NN=Cc2ccc([N+](=O)[O-])cc2)c1. The van der Waals surface area contributed by atoms with Crippen molar-refractivity contribution in [3.63, 3.8) is 0 Å². The third-order valence-corrected chi connectivity index (χ3v) is 5.84. The lowest BCUT2D eigenvalue weighted by Crippen LogP contribution is -2.25. The Balaban J connectivity index is 1.54. The fourth-order valence-electron chi connectivity index (χ4n) is 4.16. The van der Waals surface area contributed by atoms with Crippen molar-refractivity contribution < 1.29 is 9.72 Å². The van der Waals surface area contributed by atoms with Gasteiger partial charge in [-0.25, -0.2) is 5.43 Å². The molecule has 1 atom stereocenters. The van der Waals surface area contributed by atoms with Gasteiger partial charge in [0.05, 0.1) is 17.1 Å². The summed E-state index contributed by atoms with van der Waals surface area (Å²) >= 11 is 0. The maximum Gasteiger partial charge on any atom is 0.269 e. The van der Waals surface area contributed by atoms with Crippen LogP contribution in [-0.4, -0.2) is 17.0 Å². The second kappa shape index (κ2) is 8.14. The Bertz CT molecular complexity index is 1120. The third kappa shape index (κ3) is 4.10. The Hall–Kier alpha value is -3.80. The van der Waals surface area contributed by atoms with Gasteiger partial charge < -0.3 is 0 Å². The lowest BCUT2D eigenvalue weighted by atomic mass is 9.84. The molecule has 0 heterocycles. The molecule has 1 aliphatic carbocycles. The zero-order valence-electron chi connectivity index (χ0n) is 17.4. The Kier molecular flexibility index (Phi) is 5.38. The predicted molar refractivity (Wildman–Crippen MR) is 120 cm³/mol. The number of carbonyl (C=O) groups is 1. The molecule has 1 N–H and O–H groups in total. The topological polar surface area (TPSA) is 84.6 Å². The molecule has 156 valence electrons. The number of nitrogens with one attached hydrogen (secondary N) is 1. The molecule has 1 fully saturated rings. The number of hydrazone groups is 1. The van der Waals surface area contributed by atoms with E-state index in [9.17, 15) is 14.9 Å². The number of carbonyl (C=O) groups excluding carboxylic acids is 1. The fourth-order valence-corrected chi connectivity index (χ4v) is 4.16. The molecule has 6 nitrogen and oxygen atoms in total. The molecule has 0 radical (unpaired) electrons. The maximum absolute atomic E-state index is 13.0. The summed E-state index contributed by atoms with van der Waals surface area (Å²) in [6.45, 7) is 4.11. The number of benzene rings is 3. The van der Waals surface area contributed by atoms with E-state index in [2.05, 4.69) is 60.8 Å². The second-order valence-corrected chi connectivity index (χ2v) is 8.05. The van der Waals surface area contributed by atoms with Crippen molar-refractivity contribution in [3.8, 4) is 0 Å². The van der Waals surface area contributed by atoms with Crippen molar-refractivity contribution in [1.82, 2.24) is 5.43 Å². The van der Waals surface area contributed by atoms with Crippen LogP contribution >= 0.6 is 0 Å². The molecular formula is C25H23N3O3. The van der Waals surface area contributed by atoms with E-state index < -0.39 is 4.92 Å². The quantitative estimate of drug-likeness (QED) is 0.362. The number of nitrogens with zero attached hydrogens (tertiary/aromatic N) is 2. The van der Waals surface area contributed by atoms with E-state index in [-0.39, 0.29) is 22.9 Å². The summed E-state index contributed by atoms with van der Waals surface area (Å²) in [5.41, 5.74) is 7.57. The zero-order valence-corrected chi connectivity index (χ0v) is 17.4. The average molecular weight is 413 g/mol. The van der Waals surface area contributed by atoms with Gasteiger partial charge in [0.25, 0.3) is 5.69 Å². The summed E-state index contributed by atoms with van der Waals surface area (Å²) in [6.07, 6.45) is 2.21. The second-order valence-electron chi connectivity index (χ2n) is 8.05. The molecule has 0 bridgehead atoms. The molecule has 1 saturated carbocycles. The molecule has 3 aromatic rings. The number of hydrogen-bond donors (Lipinski definition) is 1. The van der Waals surface area contributed by atoms with Crippen LogP contribution in [0.15, 0.2) is 77.9 Å². The van der Waals surface area contributed by atoms with E-state index in [0.717, 1.165) is 28.7 Å². The Labute approximate surface area is 180 Å². The molecule has 0 aromatic heterocycles. The molecule has 0 saturated heterocycles. The predicted octanol–water partition coefficient (Wildman–Crippen LogP) is 4.67. The summed E-state index contributed by atoms with van der Waals surface area (Å²) in [5.74, 6) is -0.355. The van der Waals surface area contributed by atoms with Gasteiger partial charge in [0, 0.05) is 17.5 Å². The van der Waals surface area contributed by atoms with Crippen LogP contribution in [0.2, 0.25) is 0 Å². The van der Waals surface area contributed by atoms with Crippen molar-refractivity contribution in [3.05, 3.63) is 111 Å². The van der Waals surface area contributed by atoms with Crippen LogP contribution < -0.4 is 5.43 Å². The highest BCUT2D eigenvalue weighted by Crippen LogP contribution is 2.59. The Morgan fingerprint density at radius 3 is 2.13 bits per heavy atom. The van der Waals surface area contributed by atoms with Crippen molar-refractivity contribution in [2.75, 3.05) is 0 Å². The van der Waals surface area contributed by atoms with Crippen LogP contribution in [0, 0.1) is 29.9 Å². The van der Waals surface area contributed by atoms with Crippen LogP contribution in [0.25, 0.3) is 0 Å². The number of hydrogen-bond acceptors (Lipinski definition) is 4. The summed E-state index contributed by atoms with van der Waals surface area (Å²) in [5, 5.41) is 14.8. The minimum absolute atomic E-state index is 0.0141. The van der Waals surface area contributed by atoms with E-state index in [1.165, 1.54) is 18.3 Å². The van der Waals surface area contributed by atoms with Crippen molar-refractivity contribution in [2.45, 2.75) is 25.7 Å². The standard InChI is InChI=1S/C25H23N3O3/c1-17-5-3-7-20(13-17)25(21-8-4-6-18(2)14-21)15-23(25)24(29)27-26-16-19-9-11-22(12-10-19)28(30)31/h3-14,16,23H,15H2,1-2H3,(H,27,29)/t23-/m1/s1. The van der Waals surface area contributed by atoms with Crippen LogP contribution in [-0.2, 0) is 10.2 Å². The van der Waals surface area contributed by atoms with Gasteiger partial charge in [-0.15, -0.1) is 0 Å². The number of nitro groups is 1. The van der Waals surface area contributed by atoms with Crippen LogP contribution in [0.5, 0.6) is 0 Å². The minimum Gasteiger partial charge on any atom is -0.273 e. The first-order chi connectivity index (χ1) is 14.9. The van der Waals surface area contributed by atoms with E-state index in [4.69, 9.17) is 0 Å². The molecule has 0 spiro atoms. The molecule has 4 rings (SSSR count). The average Bonchev–Trinajstić information content (AvgIpc) is 3.51. The van der Waals surface area contributed by atoms with Gasteiger partial charge in [-0.3, -0.25) is 14.9 Å². The molecule has 6 heteroatoms. The zero-order chi connectivity index (χ0) is 22.0. The van der Waals surface area contributed by atoms with Gasteiger partial charge in [0.2, 0.25) is 5.91 Å². The van der Waals surface area contributed by atoms with Crippen LogP contribution in [0.1, 0.15) is 34.2 Å². The number of amides is 1. The molecule has 31 heavy (non-hydrogen) atoms. The normalized spacial score (nSPS) is 16.8. The summed E-state index contributed by atoms with van der Waals surface area (Å²) in [7, 11) is 0. The van der Waals surface area contributed by atoms with Crippen molar-refractivity contribution in [1.29, 1.82) is 0 Å². The number of aryl methyl sites for hydroxylation is 2. The highest BCUT2D eigenvalue weighted by Gasteiger charge is 2.60. The first-order valence-corrected chi connectivity index (χ1v) is 10.1. The first kappa shape index (κ1) is 20.5. The molecule has 1 amide bonds. The molecule has 3 aromatic carbocycles. The van der Waals surface area contributed by atoms with Crippen LogP contribution in [0.3, 0.4) is 0 Å².